The van der Waals surface area contributed by atoms with Crippen LogP contribution in [0.5, 0.6) is 0 Å². The topological polar surface area (TPSA) is 189 Å². The van der Waals surface area contributed by atoms with E-state index in [0.717, 1.165) is 0 Å². The molecule has 1 aromatic rings. The predicted molar refractivity (Wildman–Crippen MR) is 63.9 cm³/mol. The third-order valence-corrected chi connectivity index (χ3v) is 2.94. The molecule has 0 amide bonds. The Morgan fingerprint density at radius 2 is 1.28 bits per heavy atom. The van der Waals surface area contributed by atoms with Gasteiger partial charge in [0.05, 0.1) is 0 Å². The zero-order valence-corrected chi connectivity index (χ0v) is 11.8. The Bertz CT molecular complexity index is 431. The number of nitrogens with zero attached hydrogens (tertiary/aromatic N) is 3. The first-order chi connectivity index (χ1) is 7.89. The number of hydrogen-bond acceptors (Lipinski definition) is 9. The average molecular weight is 338 g/mol. The van der Waals surface area contributed by atoms with Gasteiger partial charge in [-0.25, -0.2) is 9.13 Å². The van der Waals surface area contributed by atoms with E-state index in [9.17, 15) is 9.13 Å². The van der Waals surface area contributed by atoms with Crippen LogP contribution in [0.15, 0.2) is 10.3 Å². The first-order valence-electron chi connectivity index (χ1n) is 3.61. The molecule has 0 fully saturated rings. The van der Waals surface area contributed by atoms with Crippen LogP contribution in [0.3, 0.4) is 0 Å². The molecular formula is C3H8N4O7P2S2. The fourth-order valence-corrected chi connectivity index (χ4v) is 2.09. The van der Waals surface area contributed by atoms with Crippen LogP contribution in [0, 0.1) is 0 Å². The van der Waals surface area contributed by atoms with Crippen molar-refractivity contribution in [1.29, 1.82) is 0 Å². The van der Waals surface area contributed by atoms with E-state index in [2.05, 4.69) is 44.5 Å². The lowest BCUT2D eigenvalue weighted by atomic mass is 11.0. The largest absolute Gasteiger partial charge is 0.478 e. The number of aromatic nitrogens is 3. The van der Waals surface area contributed by atoms with Gasteiger partial charge in [0.25, 0.3) is 0 Å². The van der Waals surface area contributed by atoms with Crippen LogP contribution in [0.25, 0.3) is 0 Å². The fraction of sp³-hybridized carbons (Fsp3) is 0. The molecule has 11 nitrogen and oxygen atoms in total. The van der Waals surface area contributed by atoms with Crippen molar-refractivity contribution >= 4 is 46.9 Å². The highest BCUT2D eigenvalue weighted by molar-refractivity contribution is 7.80. The number of anilines is 1. The van der Waals surface area contributed by atoms with Crippen LogP contribution in [-0.4, -0.2) is 34.5 Å². The maximum atomic E-state index is 9.63. The molecule has 104 valence electrons. The van der Waals surface area contributed by atoms with Crippen LogP contribution in [0.2, 0.25) is 0 Å². The van der Waals surface area contributed by atoms with Crippen molar-refractivity contribution in [3.63, 3.8) is 0 Å². The van der Waals surface area contributed by atoms with Gasteiger partial charge in [0.2, 0.25) is 5.95 Å². The van der Waals surface area contributed by atoms with E-state index in [1.165, 1.54) is 0 Å². The van der Waals surface area contributed by atoms with Gasteiger partial charge in [-0.15, -0.1) is 25.3 Å². The predicted octanol–water partition coefficient (Wildman–Crippen LogP) is -0.780. The first kappa shape index (κ1) is 17.8. The summed E-state index contributed by atoms with van der Waals surface area (Å²) in [5, 5.41) is 0.569. The number of phosphoric acid groups is 2. The quantitative estimate of drug-likeness (QED) is 0.264. The molecule has 0 spiro atoms. The molecule has 0 aliphatic heterocycles. The third-order valence-electron chi connectivity index (χ3n) is 0.842. The van der Waals surface area contributed by atoms with E-state index in [1.54, 1.807) is 0 Å². The molecule has 0 aliphatic carbocycles. The summed E-state index contributed by atoms with van der Waals surface area (Å²) in [5.74, 6) is 0.139. The molecule has 0 radical (unpaired) electrons. The number of nitrogens with two attached hydrogens (primary N) is 1. The van der Waals surface area contributed by atoms with Crippen molar-refractivity contribution in [2.45, 2.75) is 10.3 Å². The van der Waals surface area contributed by atoms with Gasteiger partial charge >= 0.3 is 15.6 Å². The Balaban J connectivity index is 0.000000321. The van der Waals surface area contributed by atoms with Gasteiger partial charge in [0, 0.05) is 0 Å². The maximum absolute atomic E-state index is 9.63. The van der Waals surface area contributed by atoms with E-state index in [1.807, 2.05) is 0 Å². The summed E-state index contributed by atoms with van der Waals surface area (Å²) in [4.78, 5) is 41.9. The smallest absolute Gasteiger partial charge is 0.368 e. The Kier molecular flexibility index (Phi) is 6.71. The summed E-state index contributed by atoms with van der Waals surface area (Å²) in [6.07, 6.45) is 0. The summed E-state index contributed by atoms with van der Waals surface area (Å²) in [7, 11) is -10.1. The van der Waals surface area contributed by atoms with Gasteiger partial charge in [-0.05, 0) is 0 Å². The van der Waals surface area contributed by atoms with Gasteiger partial charge in [-0.2, -0.15) is 19.3 Å². The van der Waals surface area contributed by atoms with Gasteiger partial charge < -0.3 is 25.3 Å². The molecule has 1 heterocycles. The number of thiol groups is 2. The second-order valence-corrected chi connectivity index (χ2v) is 5.77. The Labute approximate surface area is 111 Å². The minimum atomic E-state index is -5.05. The highest BCUT2D eigenvalue weighted by Gasteiger charge is 2.27. The van der Waals surface area contributed by atoms with E-state index in [4.69, 9.17) is 25.3 Å². The lowest BCUT2D eigenvalue weighted by Crippen LogP contribution is -1.97. The van der Waals surface area contributed by atoms with Crippen molar-refractivity contribution in [3.8, 4) is 0 Å². The fourth-order valence-electron chi connectivity index (χ4n) is 0.508. The van der Waals surface area contributed by atoms with E-state index in [-0.39, 0.29) is 16.3 Å². The molecule has 0 saturated carbocycles. The molecule has 0 saturated heterocycles. The molecule has 0 aromatic carbocycles. The molecule has 0 aliphatic rings. The number of nitrogen functional groups attached to an aromatic ring is 1. The molecule has 1 aromatic heterocycles. The third kappa shape index (κ3) is 10.9. The van der Waals surface area contributed by atoms with Gasteiger partial charge in [-0.3, -0.25) is 0 Å². The summed E-state index contributed by atoms with van der Waals surface area (Å²) in [6.45, 7) is 0. The zero-order valence-electron chi connectivity index (χ0n) is 8.22. The minimum Gasteiger partial charge on any atom is -0.368 e. The van der Waals surface area contributed by atoms with Gasteiger partial charge in [-0.1, -0.05) is 0 Å². The standard InChI is InChI=1S/C3H4N4S2.H4O7P2/c4-1-5-2(8)7-3(9)6-1;1-8(2,3)7-9(4,5)6/h(H4,4,5,6,7,8,9);(H2,1,2,3)(H2,4,5,6). The lowest BCUT2D eigenvalue weighted by molar-refractivity contribution is 0.225. The van der Waals surface area contributed by atoms with Crippen LogP contribution in [0.4, 0.5) is 5.95 Å². The summed E-state index contributed by atoms with van der Waals surface area (Å²) in [6, 6.07) is 0. The van der Waals surface area contributed by atoms with Gasteiger partial charge in [0.15, 0.2) is 10.3 Å². The molecule has 6 N–H and O–H groups in total. The molecule has 0 unspecified atom stereocenters. The average Bonchev–Trinajstić information content (AvgIpc) is 1.92. The molecule has 1 rings (SSSR count). The number of hydrogen-bond donors (Lipinski definition) is 7. The maximum Gasteiger partial charge on any atom is 0.478 e. The van der Waals surface area contributed by atoms with E-state index < -0.39 is 15.6 Å². The van der Waals surface area contributed by atoms with E-state index in [0.29, 0.717) is 0 Å². The molecule has 18 heavy (non-hydrogen) atoms. The normalized spacial score (nSPS) is 11.7. The molecular weight excluding hydrogens is 330 g/mol. The van der Waals surface area contributed by atoms with E-state index >= 15 is 0 Å². The van der Waals surface area contributed by atoms with Crippen molar-refractivity contribution in [3.05, 3.63) is 0 Å². The Morgan fingerprint density at radius 1 is 0.944 bits per heavy atom. The monoisotopic (exact) mass is 338 g/mol. The minimum absolute atomic E-state index is 0.139. The Hall–Kier alpha value is -0.230. The first-order valence-corrected chi connectivity index (χ1v) is 7.56. The zero-order chi connectivity index (χ0) is 14.6. The van der Waals surface area contributed by atoms with Crippen molar-refractivity contribution < 1.29 is 33.0 Å². The Morgan fingerprint density at radius 3 is 1.44 bits per heavy atom. The van der Waals surface area contributed by atoms with Crippen LogP contribution in [0.1, 0.15) is 0 Å². The highest BCUT2D eigenvalue weighted by atomic mass is 32.1. The molecule has 0 atom stereocenters. The highest BCUT2D eigenvalue weighted by Crippen LogP contribution is 2.53. The lowest BCUT2D eigenvalue weighted by Gasteiger charge is -2.03. The second kappa shape index (κ2) is 6.80. The van der Waals surface area contributed by atoms with Crippen molar-refractivity contribution in [2.75, 3.05) is 5.73 Å². The summed E-state index contributed by atoms with van der Waals surface area (Å²) >= 11 is 7.67. The summed E-state index contributed by atoms with van der Waals surface area (Å²) < 4.78 is 22.2. The molecule has 15 heteroatoms. The second-order valence-electron chi connectivity index (χ2n) is 2.36. The van der Waals surface area contributed by atoms with Crippen LogP contribution in [-0.2, 0) is 13.4 Å². The SMILES string of the molecule is Nc1nc(S)nc(S)n1.O=P(O)(O)OP(=O)(O)O. The van der Waals surface area contributed by atoms with Crippen molar-refractivity contribution in [2.24, 2.45) is 0 Å². The van der Waals surface area contributed by atoms with Gasteiger partial charge in [0.1, 0.15) is 0 Å². The van der Waals surface area contributed by atoms with Crippen LogP contribution >= 0.6 is 40.9 Å². The van der Waals surface area contributed by atoms with Crippen LogP contribution < -0.4 is 5.73 Å². The summed E-state index contributed by atoms with van der Waals surface area (Å²) in [5.41, 5.74) is 5.20. The van der Waals surface area contributed by atoms with Crippen molar-refractivity contribution in [1.82, 2.24) is 15.0 Å². The molecule has 0 bridgehead atoms. The number of rotatable bonds is 2.